The van der Waals surface area contributed by atoms with Crippen LogP contribution in [0.2, 0.25) is 0 Å². The molecule has 7 heteroatoms. The van der Waals surface area contributed by atoms with E-state index < -0.39 is 0 Å². The van der Waals surface area contributed by atoms with Gasteiger partial charge in [0.15, 0.2) is 0 Å². The number of aromatic nitrogens is 3. The van der Waals surface area contributed by atoms with E-state index in [9.17, 15) is 4.79 Å². The summed E-state index contributed by atoms with van der Waals surface area (Å²) >= 11 is 0. The van der Waals surface area contributed by atoms with E-state index in [0.717, 1.165) is 30.8 Å². The quantitative estimate of drug-likeness (QED) is 0.835. The minimum absolute atomic E-state index is 0. The topological polar surface area (TPSA) is 71.8 Å². The van der Waals surface area contributed by atoms with Crippen LogP contribution in [-0.2, 0) is 0 Å². The second kappa shape index (κ2) is 7.89. The first-order chi connectivity index (χ1) is 10.7. The Morgan fingerprint density at radius 3 is 2.96 bits per heavy atom. The van der Waals surface area contributed by atoms with Gasteiger partial charge in [-0.1, -0.05) is 11.6 Å². The van der Waals surface area contributed by atoms with Gasteiger partial charge in [0.25, 0.3) is 5.91 Å². The predicted molar refractivity (Wildman–Crippen MR) is 91.2 cm³/mol. The van der Waals surface area contributed by atoms with E-state index in [1.54, 1.807) is 11.0 Å². The number of benzene rings is 1. The Bertz CT molecular complexity index is 697. The third-order valence-electron chi connectivity index (χ3n) is 3.76. The largest absolute Gasteiger partial charge is 0.348 e. The fourth-order valence-electron chi connectivity index (χ4n) is 2.51. The molecule has 0 saturated heterocycles. The molecule has 2 heterocycles. The summed E-state index contributed by atoms with van der Waals surface area (Å²) in [6.45, 7) is 4.44. The van der Waals surface area contributed by atoms with Crippen LogP contribution in [0.4, 0.5) is 0 Å². The Kier molecular flexibility index (Phi) is 5.90. The van der Waals surface area contributed by atoms with Crippen LogP contribution in [0.3, 0.4) is 0 Å². The molecule has 0 aliphatic carbocycles. The van der Waals surface area contributed by atoms with Gasteiger partial charge in [0.1, 0.15) is 12.7 Å². The van der Waals surface area contributed by atoms with Gasteiger partial charge in [0.05, 0.1) is 5.69 Å². The highest BCUT2D eigenvalue weighted by atomic mass is 35.5. The van der Waals surface area contributed by atoms with E-state index in [1.807, 2.05) is 25.1 Å². The van der Waals surface area contributed by atoms with Crippen LogP contribution in [-0.4, -0.2) is 40.3 Å². The number of hydrogen-bond acceptors (Lipinski definition) is 4. The summed E-state index contributed by atoms with van der Waals surface area (Å²) < 4.78 is 1.69. The molecular weight excluding hydrogens is 314 g/mol. The van der Waals surface area contributed by atoms with Gasteiger partial charge in [-0.05, 0) is 43.7 Å². The van der Waals surface area contributed by atoms with Crippen LogP contribution in [0, 0.1) is 6.92 Å². The molecule has 6 nitrogen and oxygen atoms in total. The van der Waals surface area contributed by atoms with Crippen LogP contribution in [0.1, 0.15) is 22.3 Å². The van der Waals surface area contributed by atoms with E-state index in [1.165, 1.54) is 11.9 Å². The van der Waals surface area contributed by atoms with Gasteiger partial charge in [-0.25, -0.2) is 9.67 Å². The van der Waals surface area contributed by atoms with Crippen molar-refractivity contribution in [3.05, 3.63) is 53.6 Å². The number of nitrogens with one attached hydrogen (secondary N) is 2. The molecule has 2 aromatic rings. The zero-order valence-corrected chi connectivity index (χ0v) is 13.8. The Hall–Kier alpha value is -2.18. The molecule has 0 saturated carbocycles. The van der Waals surface area contributed by atoms with Gasteiger partial charge in [-0.15, -0.1) is 12.4 Å². The molecule has 0 unspecified atom stereocenters. The van der Waals surface area contributed by atoms with E-state index in [4.69, 9.17) is 0 Å². The predicted octanol–water partition coefficient (Wildman–Crippen LogP) is 1.65. The first-order valence-electron chi connectivity index (χ1n) is 7.36. The lowest BCUT2D eigenvalue weighted by Gasteiger charge is -2.15. The van der Waals surface area contributed by atoms with Gasteiger partial charge in [0, 0.05) is 18.7 Å². The molecule has 0 bridgehead atoms. The van der Waals surface area contributed by atoms with Crippen LogP contribution < -0.4 is 10.6 Å². The Labute approximate surface area is 141 Å². The average molecular weight is 334 g/mol. The molecule has 122 valence electrons. The van der Waals surface area contributed by atoms with Crippen molar-refractivity contribution in [2.45, 2.75) is 13.3 Å². The highest BCUT2D eigenvalue weighted by molar-refractivity contribution is 5.94. The second-order valence-electron chi connectivity index (χ2n) is 5.34. The normalized spacial score (nSPS) is 13.9. The summed E-state index contributed by atoms with van der Waals surface area (Å²) in [7, 11) is 0. The summed E-state index contributed by atoms with van der Waals surface area (Å²) in [6, 6.07) is 5.59. The number of hydrogen-bond donors (Lipinski definition) is 2. The van der Waals surface area contributed by atoms with Crippen LogP contribution >= 0.6 is 12.4 Å². The first-order valence-corrected chi connectivity index (χ1v) is 7.36. The van der Waals surface area contributed by atoms with Gasteiger partial charge < -0.3 is 10.6 Å². The monoisotopic (exact) mass is 333 g/mol. The van der Waals surface area contributed by atoms with Crippen molar-refractivity contribution >= 4 is 18.3 Å². The Balaban J connectivity index is 0.00000192. The molecule has 1 amide bonds. The number of amides is 1. The van der Waals surface area contributed by atoms with Gasteiger partial charge in [0.2, 0.25) is 0 Å². The van der Waals surface area contributed by atoms with Crippen molar-refractivity contribution in [2.75, 3.05) is 19.6 Å². The number of aryl methyl sites for hydroxylation is 1. The van der Waals surface area contributed by atoms with Crippen molar-refractivity contribution in [1.29, 1.82) is 0 Å². The van der Waals surface area contributed by atoms with Crippen LogP contribution in [0.15, 0.2) is 42.5 Å². The number of carbonyl (C=O) groups excluding carboxylic acids is 1. The smallest absolute Gasteiger partial charge is 0.251 e. The zero-order chi connectivity index (χ0) is 15.4. The lowest BCUT2D eigenvalue weighted by atomic mass is 10.1. The van der Waals surface area contributed by atoms with E-state index >= 15 is 0 Å². The number of rotatable bonds is 4. The maximum Gasteiger partial charge on any atom is 0.251 e. The van der Waals surface area contributed by atoms with Crippen molar-refractivity contribution in [2.24, 2.45) is 0 Å². The lowest BCUT2D eigenvalue weighted by molar-refractivity contribution is 0.0956. The van der Waals surface area contributed by atoms with E-state index in [-0.39, 0.29) is 18.3 Å². The van der Waals surface area contributed by atoms with Crippen molar-refractivity contribution in [1.82, 2.24) is 25.4 Å². The van der Waals surface area contributed by atoms with Gasteiger partial charge >= 0.3 is 0 Å². The third kappa shape index (κ3) is 4.18. The molecule has 0 fully saturated rings. The van der Waals surface area contributed by atoms with Crippen LogP contribution in [0.5, 0.6) is 0 Å². The third-order valence-corrected chi connectivity index (χ3v) is 3.76. The molecule has 1 aliphatic rings. The Morgan fingerprint density at radius 2 is 2.30 bits per heavy atom. The Morgan fingerprint density at radius 1 is 1.43 bits per heavy atom. The average Bonchev–Trinajstić information content (AvgIpc) is 3.07. The first kappa shape index (κ1) is 17.2. The van der Waals surface area contributed by atoms with Crippen molar-refractivity contribution < 1.29 is 4.79 Å². The minimum Gasteiger partial charge on any atom is -0.348 e. The summed E-state index contributed by atoms with van der Waals surface area (Å²) in [5, 5.41) is 10.3. The zero-order valence-electron chi connectivity index (χ0n) is 13.0. The van der Waals surface area contributed by atoms with Gasteiger partial charge in [-0.2, -0.15) is 5.10 Å². The maximum atomic E-state index is 12.2. The molecule has 2 N–H and O–H groups in total. The SMILES string of the molecule is Cc1cc(C(=O)NCC2=CCNCC2)ccc1-n1cncn1.Cl. The highest BCUT2D eigenvalue weighted by Crippen LogP contribution is 2.14. The number of halogens is 1. The second-order valence-corrected chi connectivity index (χ2v) is 5.34. The summed E-state index contributed by atoms with van der Waals surface area (Å²) in [5.74, 6) is -0.0485. The van der Waals surface area contributed by atoms with Gasteiger partial charge in [-0.3, -0.25) is 4.79 Å². The number of nitrogens with zero attached hydrogens (tertiary/aromatic N) is 3. The summed E-state index contributed by atoms with van der Waals surface area (Å²) in [5.41, 5.74) is 3.85. The highest BCUT2D eigenvalue weighted by Gasteiger charge is 2.10. The van der Waals surface area contributed by atoms with Crippen LogP contribution in [0.25, 0.3) is 5.69 Å². The van der Waals surface area contributed by atoms with Crippen molar-refractivity contribution in [3.8, 4) is 5.69 Å². The molecular formula is C16H20ClN5O. The lowest BCUT2D eigenvalue weighted by Crippen LogP contribution is -2.29. The molecule has 1 aromatic carbocycles. The molecule has 0 spiro atoms. The summed E-state index contributed by atoms with van der Waals surface area (Å²) in [6.07, 6.45) is 6.27. The fraction of sp³-hybridized carbons (Fsp3) is 0.312. The molecule has 1 aromatic heterocycles. The van der Waals surface area contributed by atoms with E-state index in [0.29, 0.717) is 12.1 Å². The minimum atomic E-state index is -0.0485. The molecule has 0 atom stereocenters. The molecule has 3 rings (SSSR count). The standard InChI is InChI=1S/C16H19N5O.ClH/c1-12-8-14(2-3-15(12)21-11-18-10-20-21)16(22)19-9-13-4-6-17-7-5-13;/h2-4,8,10-11,17H,5-7,9H2,1H3,(H,19,22);1H. The molecule has 0 radical (unpaired) electrons. The number of carbonyl (C=O) groups is 1. The van der Waals surface area contributed by atoms with Crippen molar-refractivity contribution in [3.63, 3.8) is 0 Å². The maximum absolute atomic E-state index is 12.2. The molecule has 1 aliphatic heterocycles. The molecule has 23 heavy (non-hydrogen) atoms. The summed E-state index contributed by atoms with van der Waals surface area (Å²) in [4.78, 5) is 16.2. The fourth-order valence-corrected chi connectivity index (χ4v) is 2.51. The van der Waals surface area contributed by atoms with E-state index in [2.05, 4.69) is 26.8 Å².